The van der Waals surface area contributed by atoms with Gasteiger partial charge in [0.15, 0.2) is 11.5 Å². The van der Waals surface area contributed by atoms with Crippen molar-refractivity contribution in [3.63, 3.8) is 0 Å². The summed E-state index contributed by atoms with van der Waals surface area (Å²) in [6, 6.07) is 16.2. The van der Waals surface area contributed by atoms with E-state index in [-0.39, 0.29) is 11.1 Å². The van der Waals surface area contributed by atoms with Gasteiger partial charge in [0.25, 0.3) is 0 Å². The van der Waals surface area contributed by atoms with Crippen LogP contribution in [0.2, 0.25) is 0 Å². The van der Waals surface area contributed by atoms with Gasteiger partial charge in [0.05, 0.1) is 35.2 Å². The summed E-state index contributed by atoms with van der Waals surface area (Å²) >= 11 is 0. The van der Waals surface area contributed by atoms with Crippen LogP contribution in [-0.4, -0.2) is 25.3 Å². The molecule has 0 aliphatic heterocycles. The van der Waals surface area contributed by atoms with Gasteiger partial charge in [-0.1, -0.05) is 18.2 Å². The Morgan fingerprint density at radius 2 is 1.94 bits per heavy atom. The Hall–Kier alpha value is -4.33. The molecule has 0 saturated heterocycles. The summed E-state index contributed by atoms with van der Waals surface area (Å²) in [4.78, 5) is 17.1. The molecule has 0 radical (unpaired) electrons. The summed E-state index contributed by atoms with van der Waals surface area (Å²) in [5, 5.41) is 8.49. The molecule has 7 nitrogen and oxygen atoms in total. The minimum absolute atomic E-state index is 0.172. The zero-order chi connectivity index (χ0) is 21.8. The fourth-order valence-corrected chi connectivity index (χ4v) is 3.10. The molecular weight excluding hydrogens is 395 g/mol. The number of para-hydroxylation sites is 1. The summed E-state index contributed by atoms with van der Waals surface area (Å²) in [6.07, 6.45) is 6.91. The number of allylic oxidation sites excluding steroid dienone is 1. The van der Waals surface area contributed by atoms with E-state index in [0.717, 1.165) is 17.4 Å². The summed E-state index contributed by atoms with van der Waals surface area (Å²) in [5.74, 6) is -0.411. The van der Waals surface area contributed by atoms with Crippen molar-refractivity contribution in [1.29, 1.82) is 0 Å². The first-order valence-corrected chi connectivity index (χ1v) is 9.49. The quantitative estimate of drug-likeness (QED) is 0.507. The number of aryl methyl sites for hydroxylation is 1. The van der Waals surface area contributed by atoms with E-state index in [9.17, 15) is 9.18 Å². The summed E-state index contributed by atoms with van der Waals surface area (Å²) in [5.41, 5.74) is 8.86. The molecule has 2 heterocycles. The van der Waals surface area contributed by atoms with Crippen molar-refractivity contribution in [3.05, 3.63) is 113 Å². The molecule has 0 bridgehead atoms. The van der Waals surface area contributed by atoms with Crippen LogP contribution in [0.4, 0.5) is 10.1 Å². The van der Waals surface area contributed by atoms with Crippen LogP contribution in [0.25, 0.3) is 11.4 Å². The van der Waals surface area contributed by atoms with E-state index in [0.29, 0.717) is 17.1 Å². The average molecular weight is 414 g/mol. The van der Waals surface area contributed by atoms with Gasteiger partial charge in [0.1, 0.15) is 0 Å². The van der Waals surface area contributed by atoms with E-state index >= 15 is 0 Å². The fraction of sp³-hybridized carbons (Fsp3) is 0.0435. The van der Waals surface area contributed by atoms with Crippen molar-refractivity contribution in [3.8, 4) is 11.4 Å². The number of aromatic nitrogens is 4. The van der Waals surface area contributed by atoms with E-state index in [1.54, 1.807) is 23.0 Å². The van der Waals surface area contributed by atoms with Crippen LogP contribution in [0.15, 0.2) is 95.3 Å². The second kappa shape index (κ2) is 8.58. The van der Waals surface area contributed by atoms with Crippen molar-refractivity contribution < 1.29 is 4.39 Å². The third-order valence-electron chi connectivity index (χ3n) is 4.55. The first-order valence-electron chi connectivity index (χ1n) is 9.49. The Labute approximate surface area is 177 Å². The molecule has 2 aromatic heterocycles. The Kier molecular flexibility index (Phi) is 5.53. The normalized spacial score (nSPS) is 11.9. The highest BCUT2D eigenvalue weighted by atomic mass is 19.1. The predicted octanol–water partition coefficient (Wildman–Crippen LogP) is 3.46. The highest BCUT2D eigenvalue weighted by molar-refractivity contribution is 6.08. The first kappa shape index (κ1) is 20.0. The Morgan fingerprint density at radius 3 is 2.61 bits per heavy atom. The maximum Gasteiger partial charge on any atom is 0.209 e. The lowest BCUT2D eigenvalue weighted by Gasteiger charge is -2.12. The lowest BCUT2D eigenvalue weighted by atomic mass is 10.1. The molecule has 154 valence electrons. The second-order valence-electron chi connectivity index (χ2n) is 6.74. The fourth-order valence-electron chi connectivity index (χ4n) is 3.10. The van der Waals surface area contributed by atoms with Gasteiger partial charge < -0.3 is 5.73 Å². The SMILES string of the molecule is Cc1cc(-n2cc(F)cn2)ccc1-n1ccc(=O)c(C(C=CN)=Nc2ccccc2)n1. The highest BCUT2D eigenvalue weighted by Gasteiger charge is 2.12. The largest absolute Gasteiger partial charge is 0.405 e. The molecule has 0 atom stereocenters. The molecule has 4 rings (SSSR count). The van der Waals surface area contributed by atoms with Crippen molar-refractivity contribution in [2.45, 2.75) is 6.92 Å². The molecule has 0 amide bonds. The topological polar surface area (TPSA) is 91.1 Å². The lowest BCUT2D eigenvalue weighted by molar-refractivity contribution is 0.627. The molecule has 2 N–H and O–H groups in total. The Bertz CT molecular complexity index is 1340. The van der Waals surface area contributed by atoms with Gasteiger partial charge >= 0.3 is 0 Å². The minimum Gasteiger partial charge on any atom is -0.405 e. The summed E-state index contributed by atoms with van der Waals surface area (Å²) in [6.45, 7) is 1.90. The first-order chi connectivity index (χ1) is 15.0. The Balaban J connectivity index is 1.77. The molecule has 0 saturated carbocycles. The van der Waals surface area contributed by atoms with Crippen molar-refractivity contribution in [1.82, 2.24) is 19.6 Å². The van der Waals surface area contributed by atoms with Crippen LogP contribution >= 0.6 is 0 Å². The zero-order valence-corrected chi connectivity index (χ0v) is 16.7. The van der Waals surface area contributed by atoms with Crippen LogP contribution < -0.4 is 11.2 Å². The van der Waals surface area contributed by atoms with Crippen LogP contribution in [0.1, 0.15) is 11.3 Å². The van der Waals surface area contributed by atoms with Gasteiger partial charge in [0.2, 0.25) is 5.43 Å². The zero-order valence-electron chi connectivity index (χ0n) is 16.7. The molecule has 0 unspecified atom stereocenters. The third-order valence-corrected chi connectivity index (χ3v) is 4.55. The van der Waals surface area contributed by atoms with E-state index < -0.39 is 5.82 Å². The van der Waals surface area contributed by atoms with E-state index in [4.69, 9.17) is 5.73 Å². The third kappa shape index (κ3) is 4.32. The molecule has 31 heavy (non-hydrogen) atoms. The smallest absolute Gasteiger partial charge is 0.209 e. The monoisotopic (exact) mass is 414 g/mol. The number of hydrogen-bond acceptors (Lipinski definition) is 5. The number of halogens is 1. The molecule has 0 fully saturated rings. The van der Waals surface area contributed by atoms with Crippen LogP contribution in [0.3, 0.4) is 0 Å². The van der Waals surface area contributed by atoms with Gasteiger partial charge in [0, 0.05) is 12.3 Å². The molecule has 4 aromatic rings. The van der Waals surface area contributed by atoms with Crippen LogP contribution in [0.5, 0.6) is 0 Å². The van der Waals surface area contributed by atoms with E-state index in [1.807, 2.05) is 49.4 Å². The van der Waals surface area contributed by atoms with Gasteiger partial charge in [-0.2, -0.15) is 10.2 Å². The van der Waals surface area contributed by atoms with Gasteiger partial charge in [-0.15, -0.1) is 0 Å². The number of nitrogens with two attached hydrogens (primary N) is 1. The number of aliphatic imine (C=N–C) groups is 1. The minimum atomic E-state index is -0.411. The maximum atomic E-state index is 13.3. The van der Waals surface area contributed by atoms with Gasteiger partial charge in [-0.3, -0.25) is 4.79 Å². The standard InChI is InChI=1S/C23H19FN6O/c1-16-13-19(30-15-17(24)14-26-30)7-8-21(16)29-12-10-22(31)23(28-29)20(9-11-25)27-18-5-3-2-4-6-18/h2-15H,25H2,1H3. The molecule has 0 aliphatic carbocycles. The van der Waals surface area contributed by atoms with Crippen molar-refractivity contribution in [2.75, 3.05) is 0 Å². The summed E-state index contributed by atoms with van der Waals surface area (Å²) in [7, 11) is 0. The van der Waals surface area contributed by atoms with Crippen LogP contribution in [-0.2, 0) is 0 Å². The lowest BCUT2D eigenvalue weighted by Crippen LogP contribution is -2.20. The number of benzene rings is 2. The van der Waals surface area contributed by atoms with Gasteiger partial charge in [-0.25, -0.2) is 18.7 Å². The number of nitrogens with zero attached hydrogens (tertiary/aromatic N) is 5. The number of hydrogen-bond donors (Lipinski definition) is 1. The van der Waals surface area contributed by atoms with Gasteiger partial charge in [-0.05, 0) is 55.1 Å². The molecule has 8 heteroatoms. The van der Waals surface area contributed by atoms with E-state index in [1.165, 1.54) is 23.1 Å². The molecular formula is C23H19FN6O. The summed E-state index contributed by atoms with van der Waals surface area (Å²) < 4.78 is 16.3. The predicted molar refractivity (Wildman–Crippen MR) is 118 cm³/mol. The number of rotatable bonds is 5. The highest BCUT2D eigenvalue weighted by Crippen LogP contribution is 2.18. The molecule has 2 aromatic carbocycles. The average Bonchev–Trinajstić information content (AvgIpc) is 3.21. The maximum absolute atomic E-state index is 13.3. The van der Waals surface area contributed by atoms with Crippen molar-refractivity contribution in [2.24, 2.45) is 10.7 Å². The molecule has 0 aliphatic rings. The molecule has 0 spiro atoms. The Morgan fingerprint density at radius 1 is 1.13 bits per heavy atom. The van der Waals surface area contributed by atoms with Crippen molar-refractivity contribution >= 4 is 11.4 Å². The van der Waals surface area contributed by atoms with Crippen LogP contribution in [0, 0.1) is 12.7 Å². The van der Waals surface area contributed by atoms with E-state index in [2.05, 4.69) is 15.2 Å². The second-order valence-corrected chi connectivity index (χ2v) is 6.74.